The molecule has 0 heterocycles. The highest BCUT2D eigenvalue weighted by Gasteiger charge is 2.30. The van der Waals surface area contributed by atoms with Crippen molar-refractivity contribution in [1.82, 2.24) is 5.32 Å². The van der Waals surface area contributed by atoms with Gasteiger partial charge in [-0.05, 0) is 58.9 Å². The molecule has 0 saturated carbocycles. The number of fused-ring (bicyclic) bond motifs is 3. The molecule has 1 amide bonds. The highest BCUT2D eigenvalue weighted by molar-refractivity contribution is 8.13. The normalized spacial score (nSPS) is 15.5. The first-order chi connectivity index (χ1) is 21.6. The second-order valence-electron chi connectivity index (χ2n) is 12.8. The summed E-state index contributed by atoms with van der Waals surface area (Å²) in [5.41, 5.74) is 5.67. The Labute approximate surface area is 272 Å². The van der Waals surface area contributed by atoms with Crippen LogP contribution in [0.4, 0.5) is 4.79 Å². The maximum absolute atomic E-state index is 13.1. The van der Waals surface area contributed by atoms with Crippen molar-refractivity contribution in [3.05, 3.63) is 108 Å². The van der Waals surface area contributed by atoms with Crippen molar-refractivity contribution in [3.63, 3.8) is 0 Å². The number of hydrogen-bond donors (Lipinski definition) is 3. The van der Waals surface area contributed by atoms with Crippen LogP contribution in [0.3, 0.4) is 0 Å². The van der Waals surface area contributed by atoms with Crippen LogP contribution in [0.25, 0.3) is 11.1 Å². The Morgan fingerprint density at radius 1 is 0.844 bits per heavy atom. The maximum atomic E-state index is 13.1. The molecule has 0 unspecified atom stereocenters. The van der Waals surface area contributed by atoms with Crippen LogP contribution in [0.15, 0.2) is 91.0 Å². The first kappa shape index (κ1) is 34.5. The first-order valence-electron chi connectivity index (χ1n) is 16.0. The quantitative estimate of drug-likeness (QED) is 0.149. The minimum atomic E-state index is -0.964. The minimum absolute atomic E-state index is 0.0418. The number of aliphatic hydroxyl groups is 2. The maximum Gasteiger partial charge on any atom is 0.407 e. The number of rotatable bonds is 15. The average molecular weight is 630 g/mol. The van der Waals surface area contributed by atoms with E-state index >= 15 is 0 Å². The molecule has 3 N–H and O–H groups in total. The van der Waals surface area contributed by atoms with Crippen LogP contribution in [0.5, 0.6) is 0 Å². The SMILES string of the molecule is CC(C)C[C@@H](NC(=O)OCC1c2ccccc2-c2ccccc21)[C@@H](O)C/C=C\[C@@H](O)[C@@H](CC(C)C)C(=O)SCc1ccccc1. The van der Waals surface area contributed by atoms with Gasteiger partial charge < -0.3 is 20.3 Å². The number of ether oxygens (including phenoxy) is 1. The van der Waals surface area contributed by atoms with E-state index in [-0.39, 0.29) is 35.9 Å². The monoisotopic (exact) mass is 629 g/mol. The van der Waals surface area contributed by atoms with Crippen LogP contribution < -0.4 is 5.32 Å². The molecular formula is C38H47NO5S. The molecule has 1 aliphatic carbocycles. The van der Waals surface area contributed by atoms with E-state index in [0.29, 0.717) is 18.6 Å². The van der Waals surface area contributed by atoms with Crippen LogP contribution in [-0.2, 0) is 15.3 Å². The van der Waals surface area contributed by atoms with Gasteiger partial charge in [-0.15, -0.1) is 0 Å². The molecule has 0 aliphatic heterocycles. The van der Waals surface area contributed by atoms with Gasteiger partial charge in [-0.2, -0.15) is 0 Å². The Hall–Kier alpha value is -3.39. The molecule has 1 aliphatic rings. The van der Waals surface area contributed by atoms with Gasteiger partial charge in [0.05, 0.1) is 24.2 Å². The zero-order valence-electron chi connectivity index (χ0n) is 26.8. The first-order valence-corrected chi connectivity index (χ1v) is 17.0. The number of nitrogens with one attached hydrogen (secondary N) is 1. The number of thioether (sulfide) groups is 1. The molecule has 0 saturated heterocycles. The van der Waals surface area contributed by atoms with Crippen molar-refractivity contribution < 1.29 is 24.5 Å². The van der Waals surface area contributed by atoms with Crippen LogP contribution in [0, 0.1) is 17.8 Å². The summed E-state index contributed by atoms with van der Waals surface area (Å²) in [6.07, 6.45) is 2.25. The molecule has 0 spiro atoms. The molecule has 0 fully saturated rings. The number of alkyl carbamates (subject to hydrolysis) is 1. The minimum Gasteiger partial charge on any atom is -0.449 e. The molecule has 4 rings (SSSR count). The molecule has 3 aromatic rings. The van der Waals surface area contributed by atoms with Gasteiger partial charge in [0.1, 0.15) is 6.61 Å². The summed E-state index contributed by atoms with van der Waals surface area (Å²) in [4.78, 5) is 26.1. The third-order valence-electron chi connectivity index (χ3n) is 8.21. The molecule has 0 aromatic heterocycles. The Bertz CT molecular complexity index is 1380. The van der Waals surface area contributed by atoms with Gasteiger partial charge in [-0.3, -0.25) is 4.79 Å². The second kappa shape index (κ2) is 16.8. The van der Waals surface area contributed by atoms with Crippen molar-refractivity contribution in [2.24, 2.45) is 17.8 Å². The standard InChI is InChI=1S/C38H47NO5S/c1-25(2)21-32(37(42)45-24-27-13-6-5-7-14-27)35(40)19-12-20-36(41)34(22-26(3)4)39-38(43)44-23-33-30-17-10-8-15-28(30)29-16-9-11-18-31(29)33/h5-19,25-26,32-36,40-41H,20-24H2,1-4H3,(H,39,43)/b19-12-/t32-,34-,35-,36+/m1/s1. The van der Waals surface area contributed by atoms with E-state index in [9.17, 15) is 19.8 Å². The molecule has 7 heteroatoms. The number of aliphatic hydroxyl groups excluding tert-OH is 2. The van der Waals surface area contributed by atoms with Crippen molar-refractivity contribution in [1.29, 1.82) is 0 Å². The van der Waals surface area contributed by atoms with Crippen LogP contribution in [0.1, 0.15) is 69.6 Å². The smallest absolute Gasteiger partial charge is 0.407 e. The van der Waals surface area contributed by atoms with Crippen LogP contribution in [0.2, 0.25) is 0 Å². The average Bonchev–Trinajstić information content (AvgIpc) is 3.34. The summed E-state index contributed by atoms with van der Waals surface area (Å²) >= 11 is 1.23. The van der Waals surface area contributed by atoms with E-state index in [4.69, 9.17) is 4.74 Å². The molecule has 0 radical (unpaired) electrons. The van der Waals surface area contributed by atoms with E-state index in [1.54, 1.807) is 12.2 Å². The van der Waals surface area contributed by atoms with E-state index in [1.807, 2.05) is 82.3 Å². The lowest BCUT2D eigenvalue weighted by Gasteiger charge is -2.25. The van der Waals surface area contributed by atoms with Gasteiger partial charge in [0, 0.05) is 11.7 Å². The summed E-state index contributed by atoms with van der Waals surface area (Å²) in [5.74, 6) is 0.428. The summed E-state index contributed by atoms with van der Waals surface area (Å²) < 4.78 is 5.74. The van der Waals surface area contributed by atoms with Crippen molar-refractivity contribution >= 4 is 23.0 Å². The summed E-state index contributed by atoms with van der Waals surface area (Å²) in [6.45, 7) is 8.34. The van der Waals surface area contributed by atoms with E-state index in [2.05, 4.69) is 29.6 Å². The van der Waals surface area contributed by atoms with Gasteiger partial charge in [0.2, 0.25) is 0 Å². The van der Waals surface area contributed by atoms with Gasteiger partial charge in [0.15, 0.2) is 5.12 Å². The molecule has 45 heavy (non-hydrogen) atoms. The van der Waals surface area contributed by atoms with Crippen molar-refractivity contribution in [3.8, 4) is 11.1 Å². The van der Waals surface area contributed by atoms with Gasteiger partial charge >= 0.3 is 6.09 Å². The van der Waals surface area contributed by atoms with E-state index < -0.39 is 30.3 Å². The lowest BCUT2D eigenvalue weighted by molar-refractivity contribution is -0.117. The third-order valence-corrected chi connectivity index (χ3v) is 9.28. The number of carbonyl (C=O) groups is 2. The second-order valence-corrected chi connectivity index (χ2v) is 13.7. The zero-order chi connectivity index (χ0) is 32.3. The fraction of sp³-hybridized carbons (Fsp3) is 0.421. The summed E-state index contributed by atoms with van der Waals surface area (Å²) in [6, 6.07) is 25.7. The Kier molecular flexibility index (Phi) is 12.9. The fourth-order valence-electron chi connectivity index (χ4n) is 5.99. The zero-order valence-corrected chi connectivity index (χ0v) is 27.6. The topological polar surface area (TPSA) is 95.9 Å². The van der Waals surface area contributed by atoms with Gasteiger partial charge in [-0.25, -0.2) is 4.79 Å². The largest absolute Gasteiger partial charge is 0.449 e. The van der Waals surface area contributed by atoms with Crippen molar-refractivity contribution in [2.45, 2.75) is 76.9 Å². The fourth-order valence-corrected chi connectivity index (χ4v) is 6.94. The number of amides is 1. The third kappa shape index (κ3) is 9.80. The lowest BCUT2D eigenvalue weighted by atomic mass is 9.92. The molecule has 3 aromatic carbocycles. The molecular weight excluding hydrogens is 582 g/mol. The molecule has 6 nitrogen and oxygen atoms in total. The number of benzene rings is 3. The Morgan fingerprint density at radius 3 is 2.02 bits per heavy atom. The van der Waals surface area contributed by atoms with E-state index in [1.165, 1.54) is 11.8 Å². The number of hydrogen-bond acceptors (Lipinski definition) is 6. The van der Waals surface area contributed by atoms with Crippen LogP contribution in [-0.4, -0.2) is 46.3 Å². The molecule has 0 bridgehead atoms. The molecule has 240 valence electrons. The van der Waals surface area contributed by atoms with Gasteiger partial charge in [0.25, 0.3) is 0 Å². The van der Waals surface area contributed by atoms with Crippen molar-refractivity contribution in [2.75, 3.05) is 6.61 Å². The number of carbonyl (C=O) groups excluding carboxylic acids is 2. The van der Waals surface area contributed by atoms with Gasteiger partial charge in [-0.1, -0.05) is 130 Å². The predicted molar refractivity (Wildman–Crippen MR) is 183 cm³/mol. The van der Waals surface area contributed by atoms with Crippen LogP contribution >= 0.6 is 11.8 Å². The highest BCUT2D eigenvalue weighted by Crippen LogP contribution is 2.44. The Morgan fingerprint density at radius 2 is 1.42 bits per heavy atom. The predicted octanol–water partition coefficient (Wildman–Crippen LogP) is 7.73. The highest BCUT2D eigenvalue weighted by atomic mass is 32.2. The molecule has 4 atom stereocenters. The summed E-state index contributed by atoms with van der Waals surface area (Å²) in [7, 11) is 0. The summed E-state index contributed by atoms with van der Waals surface area (Å²) in [5, 5.41) is 24.9. The Balaban J connectivity index is 1.33. The van der Waals surface area contributed by atoms with E-state index in [0.717, 1.165) is 27.8 Å². The lowest BCUT2D eigenvalue weighted by Crippen LogP contribution is -2.44.